The lowest BCUT2D eigenvalue weighted by molar-refractivity contribution is 0.251. The fraction of sp³-hybridized carbons (Fsp3) is 0.714. The van der Waals surface area contributed by atoms with Crippen LogP contribution in [0.3, 0.4) is 0 Å². The molecule has 21 heavy (non-hydrogen) atoms. The summed E-state index contributed by atoms with van der Waals surface area (Å²) in [5.74, 6) is 0.225. The molecule has 1 N–H and O–H groups in total. The molecule has 7 heteroatoms. The molecule has 3 rings (SSSR count). The first-order chi connectivity index (χ1) is 9.54. The highest BCUT2D eigenvalue weighted by Crippen LogP contribution is 2.30. The van der Waals surface area contributed by atoms with Crippen molar-refractivity contribution in [3.05, 3.63) is 22.4 Å². The van der Waals surface area contributed by atoms with Gasteiger partial charge < -0.3 is 5.32 Å². The van der Waals surface area contributed by atoms with Crippen LogP contribution in [0.25, 0.3) is 0 Å². The Balaban J connectivity index is 0.00000161. The number of nitrogens with zero attached hydrogens (tertiary/aromatic N) is 1. The van der Waals surface area contributed by atoms with Crippen molar-refractivity contribution in [3.8, 4) is 0 Å². The number of thiophene rings is 1. The number of halogens is 1. The molecule has 0 saturated carbocycles. The molecular weight excluding hydrogens is 328 g/mol. The average Bonchev–Trinajstić information content (AvgIpc) is 3.05. The zero-order chi connectivity index (χ0) is 14.2. The van der Waals surface area contributed by atoms with E-state index in [2.05, 4.69) is 5.32 Å². The molecule has 0 amide bonds. The van der Waals surface area contributed by atoms with Gasteiger partial charge in [0, 0.05) is 30.1 Å². The first kappa shape index (κ1) is 17.2. The third-order valence-electron chi connectivity index (χ3n) is 4.59. The maximum atomic E-state index is 12.5. The van der Waals surface area contributed by atoms with Crippen LogP contribution >= 0.6 is 23.7 Å². The minimum absolute atomic E-state index is 0. The van der Waals surface area contributed by atoms with Crippen molar-refractivity contribution in [1.82, 2.24) is 9.62 Å². The van der Waals surface area contributed by atoms with E-state index in [9.17, 15) is 8.42 Å². The maximum Gasteiger partial charge on any atom is 0.214 e. The zero-order valence-electron chi connectivity index (χ0n) is 12.2. The Hall–Kier alpha value is -0.140. The Morgan fingerprint density at radius 3 is 2.57 bits per heavy atom. The second-order valence-electron chi connectivity index (χ2n) is 5.92. The number of piperidine rings is 1. The van der Waals surface area contributed by atoms with Gasteiger partial charge in [-0.05, 0) is 43.6 Å². The summed E-state index contributed by atoms with van der Waals surface area (Å²) >= 11 is 1.63. The van der Waals surface area contributed by atoms with E-state index in [-0.39, 0.29) is 24.2 Å². The minimum Gasteiger partial charge on any atom is -0.311 e. The van der Waals surface area contributed by atoms with Gasteiger partial charge in [-0.2, -0.15) is 0 Å². The molecule has 2 saturated heterocycles. The Morgan fingerprint density at radius 1 is 1.33 bits per heavy atom. The molecule has 0 radical (unpaired) electrons. The lowest BCUT2D eigenvalue weighted by Gasteiger charge is -2.34. The SMILES string of the molecule is CN(C1CC2CCC(C1)N2)S(=O)(=O)CCc1cccs1.Cl. The van der Waals surface area contributed by atoms with E-state index >= 15 is 0 Å². The highest BCUT2D eigenvalue weighted by atomic mass is 35.5. The van der Waals surface area contributed by atoms with Gasteiger partial charge in [0.25, 0.3) is 0 Å². The van der Waals surface area contributed by atoms with Crippen molar-refractivity contribution in [3.63, 3.8) is 0 Å². The predicted molar refractivity (Wildman–Crippen MR) is 89.8 cm³/mol. The van der Waals surface area contributed by atoms with Gasteiger partial charge in [-0.3, -0.25) is 0 Å². The highest BCUT2D eigenvalue weighted by molar-refractivity contribution is 7.89. The fourth-order valence-electron chi connectivity index (χ4n) is 3.38. The summed E-state index contributed by atoms with van der Waals surface area (Å²) in [6.45, 7) is 0. The molecule has 2 fully saturated rings. The lowest BCUT2D eigenvalue weighted by Crippen LogP contribution is -2.49. The molecule has 2 atom stereocenters. The summed E-state index contributed by atoms with van der Waals surface area (Å²) in [6.07, 6.45) is 4.95. The molecule has 0 spiro atoms. The molecule has 2 bridgehead atoms. The summed E-state index contributed by atoms with van der Waals surface area (Å²) in [4.78, 5) is 1.15. The number of hydrogen-bond acceptors (Lipinski definition) is 4. The largest absolute Gasteiger partial charge is 0.311 e. The monoisotopic (exact) mass is 350 g/mol. The Bertz CT molecular complexity index is 535. The minimum atomic E-state index is -3.14. The molecule has 1 aromatic heterocycles. The van der Waals surface area contributed by atoms with Crippen molar-refractivity contribution in [2.45, 2.75) is 50.2 Å². The van der Waals surface area contributed by atoms with Crippen LogP contribution in [0.1, 0.15) is 30.6 Å². The Labute approximate surface area is 137 Å². The van der Waals surface area contributed by atoms with Gasteiger partial charge in [0.2, 0.25) is 10.0 Å². The van der Waals surface area contributed by atoms with E-state index in [4.69, 9.17) is 0 Å². The molecule has 0 aliphatic carbocycles. The van der Waals surface area contributed by atoms with E-state index < -0.39 is 10.0 Å². The number of sulfonamides is 1. The standard InChI is InChI=1S/C14H22N2O2S2.ClH/c1-16(13-9-11-4-5-12(10-13)15-11)20(17,18)8-6-14-3-2-7-19-14;/h2-3,7,11-13,15H,4-6,8-10H2,1H3;1H. The summed E-state index contributed by atoms with van der Waals surface area (Å²) < 4.78 is 26.6. The lowest BCUT2D eigenvalue weighted by atomic mass is 10.0. The molecule has 2 unspecified atom stereocenters. The second kappa shape index (κ2) is 6.96. The summed E-state index contributed by atoms with van der Waals surface area (Å²) in [5, 5.41) is 5.56. The number of fused-ring (bicyclic) bond motifs is 2. The highest BCUT2D eigenvalue weighted by Gasteiger charge is 2.38. The molecule has 0 aromatic carbocycles. The molecule has 120 valence electrons. The van der Waals surface area contributed by atoms with Gasteiger partial charge >= 0.3 is 0 Å². The van der Waals surface area contributed by atoms with Crippen molar-refractivity contribution in [1.29, 1.82) is 0 Å². The van der Waals surface area contributed by atoms with Crippen LogP contribution < -0.4 is 5.32 Å². The third-order valence-corrected chi connectivity index (χ3v) is 7.42. The first-order valence-corrected chi connectivity index (χ1v) is 9.77. The molecule has 1 aromatic rings. The van der Waals surface area contributed by atoms with E-state index in [1.807, 2.05) is 17.5 Å². The van der Waals surface area contributed by atoms with Crippen molar-refractivity contribution < 1.29 is 8.42 Å². The van der Waals surface area contributed by atoms with Crippen LogP contribution in [0.5, 0.6) is 0 Å². The van der Waals surface area contributed by atoms with Crippen molar-refractivity contribution >= 4 is 33.8 Å². The number of hydrogen-bond donors (Lipinski definition) is 1. The zero-order valence-corrected chi connectivity index (χ0v) is 14.6. The van der Waals surface area contributed by atoms with E-state index in [1.54, 1.807) is 22.7 Å². The Morgan fingerprint density at radius 2 is 2.00 bits per heavy atom. The van der Waals surface area contributed by atoms with E-state index in [0.717, 1.165) is 17.7 Å². The van der Waals surface area contributed by atoms with Crippen LogP contribution in [0.4, 0.5) is 0 Å². The van der Waals surface area contributed by atoms with Crippen molar-refractivity contribution in [2.75, 3.05) is 12.8 Å². The van der Waals surface area contributed by atoms with E-state index in [0.29, 0.717) is 18.5 Å². The van der Waals surface area contributed by atoms with Gasteiger partial charge in [0.1, 0.15) is 0 Å². The maximum absolute atomic E-state index is 12.5. The van der Waals surface area contributed by atoms with Gasteiger partial charge in [-0.25, -0.2) is 12.7 Å². The van der Waals surface area contributed by atoms with Crippen molar-refractivity contribution in [2.24, 2.45) is 0 Å². The second-order valence-corrected chi connectivity index (χ2v) is 9.10. The normalized spacial score (nSPS) is 28.6. The molecule has 2 aliphatic heterocycles. The number of rotatable bonds is 5. The predicted octanol–water partition coefficient (Wildman–Crippen LogP) is 2.26. The average molecular weight is 351 g/mol. The van der Waals surface area contributed by atoms with Crippen LogP contribution in [-0.4, -0.2) is 43.6 Å². The first-order valence-electron chi connectivity index (χ1n) is 7.29. The van der Waals surface area contributed by atoms with E-state index in [1.165, 1.54) is 12.8 Å². The summed E-state index contributed by atoms with van der Waals surface area (Å²) in [5.41, 5.74) is 0. The number of aryl methyl sites for hydroxylation is 1. The van der Waals surface area contributed by atoms with Crippen LogP contribution in [-0.2, 0) is 16.4 Å². The quantitative estimate of drug-likeness (QED) is 0.886. The third kappa shape index (κ3) is 3.99. The molecule has 3 heterocycles. The van der Waals surface area contributed by atoms with Crippen LogP contribution in [0.15, 0.2) is 17.5 Å². The van der Waals surface area contributed by atoms with Gasteiger partial charge in [-0.15, -0.1) is 23.7 Å². The van der Waals surface area contributed by atoms with Crippen LogP contribution in [0, 0.1) is 0 Å². The van der Waals surface area contributed by atoms with Gasteiger partial charge in [0.15, 0.2) is 0 Å². The van der Waals surface area contributed by atoms with Crippen LogP contribution in [0.2, 0.25) is 0 Å². The number of nitrogens with one attached hydrogen (secondary N) is 1. The molecular formula is C14H23ClN2O2S2. The smallest absolute Gasteiger partial charge is 0.214 e. The fourth-order valence-corrected chi connectivity index (χ4v) is 5.61. The molecule has 4 nitrogen and oxygen atoms in total. The summed E-state index contributed by atoms with van der Waals surface area (Å²) in [7, 11) is -1.38. The Kier molecular flexibility index (Phi) is 5.71. The van der Waals surface area contributed by atoms with Gasteiger partial charge in [0.05, 0.1) is 5.75 Å². The topological polar surface area (TPSA) is 49.4 Å². The summed E-state index contributed by atoms with van der Waals surface area (Å²) in [6, 6.07) is 5.20. The molecule has 2 aliphatic rings. The van der Waals surface area contributed by atoms with Gasteiger partial charge in [-0.1, -0.05) is 6.07 Å².